The van der Waals surface area contributed by atoms with E-state index >= 15 is 0 Å². The van der Waals surface area contributed by atoms with Crippen LogP contribution in [0.3, 0.4) is 0 Å². The second kappa shape index (κ2) is 3.68. The van der Waals surface area contributed by atoms with Gasteiger partial charge in [0, 0.05) is 19.2 Å². The smallest absolute Gasteiger partial charge is 0.237 e. The van der Waals surface area contributed by atoms with E-state index in [1.807, 2.05) is 4.90 Å². The number of likely N-dealkylation sites (tertiary alicyclic amines) is 1. The van der Waals surface area contributed by atoms with Gasteiger partial charge in [-0.1, -0.05) is 0 Å². The van der Waals surface area contributed by atoms with Gasteiger partial charge in [0.15, 0.2) is 0 Å². The molecule has 0 aliphatic carbocycles. The predicted molar refractivity (Wildman–Crippen MR) is 58.2 cm³/mol. The number of thioether (sulfide) groups is 1. The molecule has 2 N–H and O–H groups in total. The number of hydrogen-bond acceptors (Lipinski definition) is 4. The van der Waals surface area contributed by atoms with Gasteiger partial charge in [-0.3, -0.25) is 9.59 Å². The fourth-order valence-electron chi connectivity index (χ4n) is 2.11. The fourth-order valence-corrected chi connectivity index (χ4v) is 3.60. The van der Waals surface area contributed by atoms with Crippen molar-refractivity contribution in [1.82, 2.24) is 9.80 Å². The molecular weight excluding hydrogens is 214 g/mol. The minimum absolute atomic E-state index is 0.0109. The van der Waals surface area contributed by atoms with Gasteiger partial charge in [0.25, 0.3) is 0 Å². The largest absolute Gasteiger partial charge is 0.336 e. The van der Waals surface area contributed by atoms with E-state index < -0.39 is 0 Å². The van der Waals surface area contributed by atoms with Crippen LogP contribution in [0.4, 0.5) is 0 Å². The first kappa shape index (κ1) is 10.8. The molecule has 0 aromatic rings. The lowest BCUT2D eigenvalue weighted by atomic mass is 10.1. The Labute approximate surface area is 93.0 Å². The molecule has 2 aliphatic rings. The summed E-state index contributed by atoms with van der Waals surface area (Å²) in [5.41, 5.74) is 5.37. The molecule has 0 bridgehead atoms. The summed E-state index contributed by atoms with van der Waals surface area (Å²) in [7, 11) is 0. The van der Waals surface area contributed by atoms with Crippen LogP contribution in [-0.2, 0) is 9.59 Å². The van der Waals surface area contributed by atoms with Crippen molar-refractivity contribution in [3.8, 4) is 0 Å². The van der Waals surface area contributed by atoms with Crippen molar-refractivity contribution in [3.05, 3.63) is 0 Å². The Morgan fingerprint density at radius 1 is 1.47 bits per heavy atom. The zero-order valence-corrected chi connectivity index (χ0v) is 9.55. The molecule has 2 heterocycles. The van der Waals surface area contributed by atoms with E-state index in [1.54, 1.807) is 23.6 Å². The Kier molecular flexibility index (Phi) is 2.64. The lowest BCUT2D eigenvalue weighted by molar-refractivity contribution is -0.145. The molecular formula is C9H15N3O2S. The summed E-state index contributed by atoms with van der Waals surface area (Å²) in [6.45, 7) is 3.67. The molecule has 84 valence electrons. The van der Waals surface area contributed by atoms with Crippen molar-refractivity contribution in [2.45, 2.75) is 11.8 Å². The van der Waals surface area contributed by atoms with Crippen LogP contribution in [0.25, 0.3) is 0 Å². The summed E-state index contributed by atoms with van der Waals surface area (Å²) in [4.78, 5) is 26.1. The van der Waals surface area contributed by atoms with Gasteiger partial charge in [0.05, 0.1) is 19.6 Å². The molecule has 15 heavy (non-hydrogen) atoms. The number of carbonyl (C=O) groups is 2. The van der Waals surface area contributed by atoms with Gasteiger partial charge in [0.1, 0.15) is 4.87 Å². The Hall–Kier alpha value is -0.750. The van der Waals surface area contributed by atoms with Crippen molar-refractivity contribution in [2.24, 2.45) is 5.73 Å². The third-order valence-corrected chi connectivity index (χ3v) is 4.38. The molecule has 0 radical (unpaired) electrons. The Bertz CT molecular complexity index is 302. The maximum Gasteiger partial charge on any atom is 0.237 e. The molecule has 0 atom stereocenters. The quantitative estimate of drug-likeness (QED) is 0.631. The molecule has 0 aromatic heterocycles. The molecule has 2 saturated heterocycles. The van der Waals surface area contributed by atoms with Gasteiger partial charge in [-0.15, -0.1) is 11.8 Å². The standard InChI is InChI=1S/C9H15N3O2S/c1-7(13)11-5-9(6-11)12(2-3-15-9)8(14)4-10/h2-6,10H2,1H3. The zero-order valence-electron chi connectivity index (χ0n) is 8.73. The second-order valence-corrected chi connectivity index (χ2v) is 5.38. The highest BCUT2D eigenvalue weighted by atomic mass is 32.2. The van der Waals surface area contributed by atoms with Gasteiger partial charge in [-0.2, -0.15) is 0 Å². The van der Waals surface area contributed by atoms with E-state index in [0.29, 0.717) is 13.1 Å². The van der Waals surface area contributed by atoms with E-state index in [4.69, 9.17) is 5.73 Å². The van der Waals surface area contributed by atoms with Crippen molar-refractivity contribution >= 4 is 23.6 Å². The normalized spacial score (nSPS) is 23.1. The van der Waals surface area contributed by atoms with Gasteiger partial charge in [-0.05, 0) is 0 Å². The maximum atomic E-state index is 11.6. The highest BCUT2D eigenvalue weighted by Gasteiger charge is 2.53. The van der Waals surface area contributed by atoms with E-state index in [2.05, 4.69) is 0 Å². The molecule has 2 amide bonds. The van der Waals surface area contributed by atoms with Gasteiger partial charge < -0.3 is 15.5 Å². The number of nitrogens with zero attached hydrogens (tertiary/aromatic N) is 2. The molecule has 0 saturated carbocycles. The lowest BCUT2D eigenvalue weighted by Crippen LogP contribution is -2.68. The predicted octanol–water partition coefficient (Wildman–Crippen LogP) is -0.921. The maximum absolute atomic E-state index is 11.6. The van der Waals surface area contributed by atoms with Crippen LogP contribution < -0.4 is 5.73 Å². The van der Waals surface area contributed by atoms with Crippen LogP contribution in [0.15, 0.2) is 0 Å². The Morgan fingerprint density at radius 2 is 2.13 bits per heavy atom. The average molecular weight is 229 g/mol. The van der Waals surface area contributed by atoms with E-state index in [-0.39, 0.29) is 23.2 Å². The van der Waals surface area contributed by atoms with E-state index in [0.717, 1.165) is 12.3 Å². The zero-order chi connectivity index (χ0) is 11.1. The monoisotopic (exact) mass is 229 g/mol. The minimum atomic E-state index is -0.165. The van der Waals surface area contributed by atoms with Crippen LogP contribution in [0, 0.1) is 0 Å². The Morgan fingerprint density at radius 3 is 2.67 bits per heavy atom. The van der Waals surface area contributed by atoms with Gasteiger partial charge in [0.2, 0.25) is 11.8 Å². The SMILES string of the molecule is CC(=O)N1CC2(C1)SCCN2C(=O)CN. The minimum Gasteiger partial charge on any atom is -0.336 e. The van der Waals surface area contributed by atoms with Crippen molar-refractivity contribution in [1.29, 1.82) is 0 Å². The van der Waals surface area contributed by atoms with E-state index in [1.165, 1.54) is 0 Å². The number of rotatable bonds is 1. The summed E-state index contributed by atoms with van der Waals surface area (Å²) in [6.07, 6.45) is 0. The summed E-state index contributed by atoms with van der Waals surface area (Å²) in [5.74, 6) is 1.01. The molecule has 6 heteroatoms. The van der Waals surface area contributed by atoms with Crippen molar-refractivity contribution < 1.29 is 9.59 Å². The average Bonchev–Trinajstić information content (AvgIpc) is 2.57. The molecule has 2 rings (SSSR count). The molecule has 2 fully saturated rings. The second-order valence-electron chi connectivity index (χ2n) is 3.92. The molecule has 0 aromatic carbocycles. The third kappa shape index (κ3) is 1.61. The summed E-state index contributed by atoms with van der Waals surface area (Å²) in [5, 5.41) is 0. The van der Waals surface area contributed by atoms with Crippen LogP contribution in [0.2, 0.25) is 0 Å². The van der Waals surface area contributed by atoms with Crippen molar-refractivity contribution in [3.63, 3.8) is 0 Å². The number of hydrogen-bond donors (Lipinski definition) is 1. The van der Waals surface area contributed by atoms with Gasteiger partial charge in [-0.25, -0.2) is 0 Å². The fraction of sp³-hybridized carbons (Fsp3) is 0.778. The van der Waals surface area contributed by atoms with Crippen LogP contribution in [0.1, 0.15) is 6.92 Å². The summed E-state index contributed by atoms with van der Waals surface area (Å²) in [6, 6.07) is 0. The van der Waals surface area contributed by atoms with Crippen LogP contribution in [0.5, 0.6) is 0 Å². The van der Waals surface area contributed by atoms with Gasteiger partial charge >= 0.3 is 0 Å². The summed E-state index contributed by atoms with van der Waals surface area (Å²) >= 11 is 1.76. The molecule has 1 spiro atoms. The number of amides is 2. The number of nitrogens with two attached hydrogens (primary N) is 1. The van der Waals surface area contributed by atoms with Crippen LogP contribution >= 0.6 is 11.8 Å². The molecule has 0 unspecified atom stereocenters. The molecule has 5 nitrogen and oxygen atoms in total. The lowest BCUT2D eigenvalue weighted by Gasteiger charge is -2.51. The highest BCUT2D eigenvalue weighted by Crippen LogP contribution is 2.42. The van der Waals surface area contributed by atoms with Crippen LogP contribution in [-0.4, -0.2) is 58.4 Å². The first-order valence-electron chi connectivity index (χ1n) is 4.99. The van der Waals surface area contributed by atoms with E-state index in [9.17, 15) is 9.59 Å². The third-order valence-electron chi connectivity index (χ3n) is 2.97. The molecule has 2 aliphatic heterocycles. The first-order chi connectivity index (χ1) is 7.09. The van der Waals surface area contributed by atoms with Crippen molar-refractivity contribution in [2.75, 3.05) is 31.9 Å². The topological polar surface area (TPSA) is 66.6 Å². The summed E-state index contributed by atoms with van der Waals surface area (Å²) < 4.78 is 0. The first-order valence-corrected chi connectivity index (χ1v) is 5.98. The highest BCUT2D eigenvalue weighted by molar-refractivity contribution is 8.01. The number of carbonyl (C=O) groups excluding carboxylic acids is 2. The Balaban J connectivity index is 2.04.